The molecule has 0 radical (unpaired) electrons. The molecule has 3 heterocycles. The SMILES string of the molecule is Cc1ccc2nc(N(CCCN3CCOCC3)C(=O)c3ccc(S(=O)(=O)N4CCCc5ccccc54)cc3)sc2c1.Cl. The molecule has 2 aliphatic rings. The van der Waals surface area contributed by atoms with E-state index in [2.05, 4.69) is 11.0 Å². The van der Waals surface area contributed by atoms with Crippen molar-refractivity contribution in [1.82, 2.24) is 9.88 Å². The van der Waals surface area contributed by atoms with Crippen molar-refractivity contribution in [2.75, 3.05) is 55.1 Å². The van der Waals surface area contributed by atoms with Gasteiger partial charge in [0.2, 0.25) is 0 Å². The average molecular weight is 627 g/mol. The van der Waals surface area contributed by atoms with E-state index in [4.69, 9.17) is 9.72 Å². The van der Waals surface area contributed by atoms with Crippen LogP contribution in [0.15, 0.2) is 71.6 Å². The minimum absolute atomic E-state index is 0. The van der Waals surface area contributed by atoms with Crippen LogP contribution < -0.4 is 9.21 Å². The van der Waals surface area contributed by atoms with E-state index in [1.165, 1.54) is 15.6 Å². The highest BCUT2D eigenvalue weighted by Crippen LogP contribution is 2.33. The zero-order valence-corrected chi connectivity index (χ0v) is 26.0. The number of carbonyl (C=O) groups is 1. The Balaban J connectivity index is 0.00000353. The Kier molecular flexibility index (Phi) is 9.49. The molecular weight excluding hydrogens is 592 g/mol. The van der Waals surface area contributed by atoms with Gasteiger partial charge < -0.3 is 4.74 Å². The van der Waals surface area contributed by atoms with Gasteiger partial charge in [0.25, 0.3) is 15.9 Å². The molecule has 4 aromatic rings. The predicted molar refractivity (Wildman–Crippen MR) is 171 cm³/mol. The number of nitrogens with zero attached hydrogens (tertiary/aromatic N) is 4. The fourth-order valence-corrected chi connectivity index (χ4v) is 8.13. The summed E-state index contributed by atoms with van der Waals surface area (Å²) in [5.41, 5.74) is 4.21. The Morgan fingerprint density at radius 1 is 1.02 bits per heavy atom. The van der Waals surface area contributed by atoms with E-state index in [1.54, 1.807) is 29.2 Å². The van der Waals surface area contributed by atoms with Crippen molar-refractivity contribution in [2.45, 2.75) is 31.1 Å². The lowest BCUT2D eigenvalue weighted by molar-refractivity contribution is 0.0376. The van der Waals surface area contributed by atoms with E-state index < -0.39 is 10.0 Å². The molecule has 0 atom stereocenters. The van der Waals surface area contributed by atoms with Crippen molar-refractivity contribution in [3.63, 3.8) is 0 Å². The minimum atomic E-state index is -3.76. The number of fused-ring (bicyclic) bond motifs is 2. The number of carbonyl (C=O) groups excluding carboxylic acids is 1. The first-order valence-corrected chi connectivity index (χ1v) is 16.4. The normalized spacial score (nSPS) is 15.7. The quantitative estimate of drug-likeness (QED) is 0.256. The molecule has 1 saturated heterocycles. The van der Waals surface area contributed by atoms with Gasteiger partial charge in [-0.05, 0) is 79.8 Å². The minimum Gasteiger partial charge on any atom is -0.379 e. The summed E-state index contributed by atoms with van der Waals surface area (Å²) in [5, 5.41) is 0.652. The van der Waals surface area contributed by atoms with Crippen LogP contribution in [0, 0.1) is 6.92 Å². The number of rotatable bonds is 8. The first-order valence-electron chi connectivity index (χ1n) is 14.1. The summed E-state index contributed by atoms with van der Waals surface area (Å²) in [6, 6.07) is 20.1. The molecule has 3 aromatic carbocycles. The van der Waals surface area contributed by atoms with Crippen molar-refractivity contribution in [1.29, 1.82) is 0 Å². The Morgan fingerprint density at radius 3 is 2.57 bits per heavy atom. The monoisotopic (exact) mass is 626 g/mol. The summed E-state index contributed by atoms with van der Waals surface area (Å²) in [7, 11) is -3.76. The van der Waals surface area contributed by atoms with Crippen LogP contribution in [0.1, 0.15) is 34.3 Å². The topological polar surface area (TPSA) is 83.0 Å². The predicted octanol–water partition coefficient (Wildman–Crippen LogP) is 5.54. The Morgan fingerprint density at radius 2 is 1.79 bits per heavy atom. The maximum atomic E-state index is 13.9. The summed E-state index contributed by atoms with van der Waals surface area (Å²) >= 11 is 1.51. The van der Waals surface area contributed by atoms with Gasteiger partial charge in [0, 0.05) is 38.3 Å². The molecule has 11 heteroatoms. The van der Waals surface area contributed by atoms with Crippen LogP contribution in [-0.4, -0.2) is 70.1 Å². The van der Waals surface area contributed by atoms with E-state index >= 15 is 0 Å². The standard InChI is InChI=1S/C31H34N4O4S2.ClH/c1-23-9-14-27-29(22-23)40-31(32-27)34(16-5-15-33-18-20-39-21-19-33)30(36)25-10-12-26(13-11-25)41(37,38)35-17-4-7-24-6-2-3-8-28(24)35;/h2-3,6,8-14,22H,4-5,7,15-21H2,1H3;1H. The van der Waals surface area contributed by atoms with Gasteiger partial charge in [0.15, 0.2) is 5.13 Å². The fourth-order valence-electron chi connectivity index (χ4n) is 5.50. The van der Waals surface area contributed by atoms with Crippen LogP contribution >= 0.6 is 23.7 Å². The van der Waals surface area contributed by atoms with Crippen molar-refractivity contribution in [3.8, 4) is 0 Å². The molecular formula is C31H35ClN4O4S2. The molecule has 0 unspecified atom stereocenters. The molecule has 0 spiro atoms. The highest BCUT2D eigenvalue weighted by Gasteiger charge is 2.29. The molecule has 42 heavy (non-hydrogen) atoms. The number of aryl methyl sites for hydroxylation is 2. The molecule has 0 saturated carbocycles. The van der Waals surface area contributed by atoms with Gasteiger partial charge in [-0.3, -0.25) is 18.9 Å². The van der Waals surface area contributed by atoms with E-state index in [0.717, 1.165) is 79.1 Å². The van der Waals surface area contributed by atoms with Crippen LogP contribution in [0.2, 0.25) is 0 Å². The lowest BCUT2D eigenvalue weighted by Crippen LogP contribution is -2.39. The van der Waals surface area contributed by atoms with Gasteiger partial charge >= 0.3 is 0 Å². The number of halogens is 1. The summed E-state index contributed by atoms with van der Waals surface area (Å²) < 4.78 is 35.2. The lowest BCUT2D eigenvalue weighted by atomic mass is 10.0. The summed E-state index contributed by atoms with van der Waals surface area (Å²) in [5.74, 6) is -0.185. The van der Waals surface area contributed by atoms with Gasteiger partial charge in [0.1, 0.15) is 0 Å². The highest BCUT2D eigenvalue weighted by molar-refractivity contribution is 7.92. The van der Waals surface area contributed by atoms with E-state index in [9.17, 15) is 13.2 Å². The van der Waals surface area contributed by atoms with Gasteiger partial charge in [0.05, 0.1) is 34.0 Å². The van der Waals surface area contributed by atoms with Crippen molar-refractivity contribution >= 4 is 60.7 Å². The molecule has 6 rings (SSSR count). The number of ether oxygens (including phenoxy) is 1. The van der Waals surface area contributed by atoms with Gasteiger partial charge in [-0.2, -0.15) is 0 Å². The summed E-state index contributed by atoms with van der Waals surface area (Å²) in [4.78, 5) is 23.0. The van der Waals surface area contributed by atoms with Crippen molar-refractivity contribution in [2.24, 2.45) is 0 Å². The number of benzene rings is 3. The van der Waals surface area contributed by atoms with Crippen LogP contribution in [-0.2, 0) is 21.2 Å². The maximum absolute atomic E-state index is 13.9. The number of morpholine rings is 1. The maximum Gasteiger partial charge on any atom is 0.264 e. The van der Waals surface area contributed by atoms with Crippen LogP contribution in [0.4, 0.5) is 10.8 Å². The zero-order valence-electron chi connectivity index (χ0n) is 23.6. The average Bonchev–Trinajstić information content (AvgIpc) is 3.42. The molecule has 1 aromatic heterocycles. The molecule has 1 fully saturated rings. The van der Waals surface area contributed by atoms with Crippen LogP contribution in [0.25, 0.3) is 10.2 Å². The second-order valence-corrected chi connectivity index (χ2v) is 13.4. The number of aromatic nitrogens is 1. The van der Waals surface area contributed by atoms with E-state index in [1.807, 2.05) is 43.3 Å². The van der Waals surface area contributed by atoms with Crippen molar-refractivity contribution in [3.05, 3.63) is 83.4 Å². The number of para-hydroxylation sites is 1. The largest absolute Gasteiger partial charge is 0.379 e. The lowest BCUT2D eigenvalue weighted by Gasteiger charge is -2.30. The van der Waals surface area contributed by atoms with Crippen molar-refractivity contribution < 1.29 is 17.9 Å². The third-order valence-corrected chi connectivity index (χ3v) is 10.6. The summed E-state index contributed by atoms with van der Waals surface area (Å²) in [6.07, 6.45) is 2.43. The smallest absolute Gasteiger partial charge is 0.264 e. The summed E-state index contributed by atoms with van der Waals surface area (Å²) in [6.45, 7) is 7.12. The number of hydrogen-bond donors (Lipinski definition) is 0. The Bertz CT molecular complexity index is 1650. The molecule has 0 aliphatic carbocycles. The first kappa shape index (κ1) is 30.4. The third kappa shape index (κ3) is 6.33. The van der Waals surface area contributed by atoms with E-state index in [-0.39, 0.29) is 23.2 Å². The Hall–Kier alpha value is -3.02. The van der Waals surface area contributed by atoms with Crippen LogP contribution in [0.5, 0.6) is 0 Å². The second-order valence-electron chi connectivity index (χ2n) is 10.6. The molecule has 2 aliphatic heterocycles. The van der Waals surface area contributed by atoms with Gasteiger partial charge in [-0.15, -0.1) is 12.4 Å². The first-order chi connectivity index (χ1) is 19.9. The highest BCUT2D eigenvalue weighted by atomic mass is 35.5. The van der Waals surface area contributed by atoms with Crippen LogP contribution in [0.3, 0.4) is 0 Å². The number of amides is 1. The fraction of sp³-hybridized carbons (Fsp3) is 0.355. The molecule has 0 N–H and O–H groups in total. The molecule has 1 amide bonds. The molecule has 222 valence electrons. The Labute approximate surface area is 257 Å². The number of thiazole rings is 1. The second kappa shape index (κ2) is 13.1. The molecule has 0 bridgehead atoms. The number of hydrogen-bond acceptors (Lipinski definition) is 7. The third-order valence-electron chi connectivity index (χ3n) is 7.73. The number of anilines is 2. The number of sulfonamides is 1. The van der Waals surface area contributed by atoms with Gasteiger partial charge in [-0.1, -0.05) is 35.6 Å². The van der Waals surface area contributed by atoms with E-state index in [0.29, 0.717) is 23.8 Å². The zero-order chi connectivity index (χ0) is 28.4. The molecule has 8 nitrogen and oxygen atoms in total. The van der Waals surface area contributed by atoms with Gasteiger partial charge in [-0.25, -0.2) is 13.4 Å².